The van der Waals surface area contributed by atoms with Crippen LogP contribution in [0, 0.1) is 0 Å². The van der Waals surface area contributed by atoms with E-state index in [0.717, 1.165) is 23.1 Å². The Morgan fingerprint density at radius 3 is 2.77 bits per heavy atom. The molecule has 0 bridgehead atoms. The van der Waals surface area contributed by atoms with Crippen molar-refractivity contribution in [3.8, 4) is 0 Å². The summed E-state index contributed by atoms with van der Waals surface area (Å²) in [5.41, 5.74) is 3.86. The van der Waals surface area contributed by atoms with Crippen LogP contribution < -0.4 is 5.32 Å². The van der Waals surface area contributed by atoms with Gasteiger partial charge in [0.2, 0.25) is 5.91 Å². The zero-order valence-electron chi connectivity index (χ0n) is 16.8. The summed E-state index contributed by atoms with van der Waals surface area (Å²) >= 11 is 7.83. The fourth-order valence-electron chi connectivity index (χ4n) is 3.95. The van der Waals surface area contributed by atoms with Crippen molar-refractivity contribution in [3.05, 3.63) is 70.4 Å². The average molecular weight is 442 g/mol. The molecule has 2 heterocycles. The van der Waals surface area contributed by atoms with E-state index < -0.39 is 6.04 Å². The Bertz CT molecular complexity index is 1080. The number of nitrogens with one attached hydrogen (secondary N) is 2. The molecule has 1 aliphatic heterocycles. The molecule has 0 unspecified atom stereocenters. The maximum Gasteiger partial charge on any atom is 0.253 e. The van der Waals surface area contributed by atoms with Gasteiger partial charge in [0.15, 0.2) is 0 Å². The maximum atomic E-state index is 13.4. The molecule has 1 aromatic heterocycles. The van der Waals surface area contributed by atoms with Crippen molar-refractivity contribution in [1.82, 2.24) is 15.2 Å². The van der Waals surface area contributed by atoms with Crippen LogP contribution in [0.2, 0.25) is 5.02 Å². The van der Waals surface area contributed by atoms with Crippen LogP contribution in [0.1, 0.15) is 28.0 Å². The van der Waals surface area contributed by atoms with Crippen molar-refractivity contribution in [2.24, 2.45) is 0 Å². The number of carbonyl (C=O) groups is 2. The van der Waals surface area contributed by atoms with E-state index in [2.05, 4.69) is 22.4 Å². The minimum absolute atomic E-state index is 0.0413. The van der Waals surface area contributed by atoms with Gasteiger partial charge >= 0.3 is 0 Å². The van der Waals surface area contributed by atoms with E-state index >= 15 is 0 Å². The Kier molecular flexibility index (Phi) is 6.35. The SMILES string of the molecule is CSCC[C@@H](NC(=O)c1ccccc1Cl)C(=O)N1CCc2[nH]c3ccccc3c2C1. The number of halogens is 1. The highest BCUT2D eigenvalue weighted by atomic mass is 35.5. The Labute approximate surface area is 185 Å². The number of benzene rings is 2. The van der Waals surface area contributed by atoms with Gasteiger partial charge in [-0.1, -0.05) is 41.9 Å². The molecule has 0 spiro atoms. The van der Waals surface area contributed by atoms with Crippen molar-refractivity contribution in [2.45, 2.75) is 25.4 Å². The molecule has 156 valence electrons. The van der Waals surface area contributed by atoms with Crippen molar-refractivity contribution in [2.75, 3.05) is 18.6 Å². The van der Waals surface area contributed by atoms with Crippen LogP contribution in [0.3, 0.4) is 0 Å². The number of nitrogens with zero attached hydrogens (tertiary/aromatic N) is 1. The first-order valence-corrected chi connectivity index (χ1v) is 11.8. The number of carbonyl (C=O) groups excluding carboxylic acids is 2. The van der Waals surface area contributed by atoms with Crippen molar-refractivity contribution < 1.29 is 9.59 Å². The van der Waals surface area contributed by atoms with Crippen LogP contribution >= 0.6 is 23.4 Å². The van der Waals surface area contributed by atoms with E-state index in [1.54, 1.807) is 36.0 Å². The summed E-state index contributed by atoms with van der Waals surface area (Å²) in [6.07, 6.45) is 3.35. The number of thioether (sulfide) groups is 1. The van der Waals surface area contributed by atoms with Gasteiger partial charge in [0.1, 0.15) is 6.04 Å². The molecule has 1 aliphatic rings. The standard InChI is InChI=1S/C23H24ClN3O2S/c1-30-13-11-21(26-22(28)16-7-2-4-8-18(16)24)23(29)27-12-10-20-17(14-27)15-6-3-5-9-19(15)25-20/h2-9,21,25H,10-14H2,1H3,(H,26,28)/t21-/m1/s1. The summed E-state index contributed by atoms with van der Waals surface area (Å²) in [5.74, 6) is 0.427. The topological polar surface area (TPSA) is 65.2 Å². The number of rotatable bonds is 6. The van der Waals surface area contributed by atoms with Gasteiger partial charge in [-0.15, -0.1) is 0 Å². The highest BCUT2D eigenvalue weighted by Crippen LogP contribution is 2.28. The highest BCUT2D eigenvalue weighted by Gasteiger charge is 2.30. The van der Waals surface area contributed by atoms with Crippen molar-refractivity contribution in [1.29, 1.82) is 0 Å². The lowest BCUT2D eigenvalue weighted by Gasteiger charge is -2.31. The number of para-hydroxylation sites is 1. The Hall–Kier alpha value is -2.44. The lowest BCUT2D eigenvalue weighted by molar-refractivity contribution is -0.134. The molecular weight excluding hydrogens is 418 g/mol. The molecule has 7 heteroatoms. The highest BCUT2D eigenvalue weighted by molar-refractivity contribution is 7.98. The lowest BCUT2D eigenvalue weighted by Crippen LogP contribution is -2.50. The smallest absolute Gasteiger partial charge is 0.253 e. The molecular formula is C23H24ClN3O2S. The first-order chi connectivity index (χ1) is 14.6. The summed E-state index contributed by atoms with van der Waals surface area (Å²) in [5, 5.41) is 4.47. The Morgan fingerprint density at radius 1 is 1.20 bits per heavy atom. The molecule has 0 saturated heterocycles. The third-order valence-corrected chi connectivity index (χ3v) is 6.50. The maximum absolute atomic E-state index is 13.4. The molecule has 2 N–H and O–H groups in total. The third-order valence-electron chi connectivity index (χ3n) is 5.53. The molecule has 0 saturated carbocycles. The fraction of sp³-hybridized carbons (Fsp3) is 0.304. The first kappa shape index (κ1) is 20.8. The predicted molar refractivity (Wildman–Crippen MR) is 123 cm³/mol. The molecule has 3 aromatic rings. The molecule has 2 aromatic carbocycles. The normalized spacial score (nSPS) is 14.4. The fourth-order valence-corrected chi connectivity index (χ4v) is 4.64. The number of aromatic amines is 1. The van der Waals surface area contributed by atoms with Crippen LogP contribution in [-0.2, 0) is 17.8 Å². The number of amides is 2. The zero-order valence-corrected chi connectivity index (χ0v) is 18.4. The molecule has 0 aliphatic carbocycles. The quantitative estimate of drug-likeness (QED) is 0.600. The molecule has 5 nitrogen and oxygen atoms in total. The Morgan fingerprint density at radius 2 is 1.97 bits per heavy atom. The molecule has 0 radical (unpaired) electrons. The van der Waals surface area contributed by atoms with E-state index in [1.165, 1.54) is 11.3 Å². The van der Waals surface area contributed by atoms with Crippen LogP contribution in [0.25, 0.3) is 10.9 Å². The average Bonchev–Trinajstić information content (AvgIpc) is 3.14. The van der Waals surface area contributed by atoms with Gasteiger partial charge in [-0.3, -0.25) is 9.59 Å². The monoisotopic (exact) mass is 441 g/mol. The second-order valence-corrected chi connectivity index (χ2v) is 8.82. The summed E-state index contributed by atoms with van der Waals surface area (Å²) in [6, 6.07) is 14.5. The number of aromatic nitrogens is 1. The van der Waals surface area contributed by atoms with E-state index in [4.69, 9.17) is 11.6 Å². The molecule has 30 heavy (non-hydrogen) atoms. The van der Waals surface area contributed by atoms with Gasteiger partial charge in [0.25, 0.3) is 5.91 Å². The van der Waals surface area contributed by atoms with Gasteiger partial charge in [0.05, 0.1) is 10.6 Å². The zero-order chi connectivity index (χ0) is 21.1. The van der Waals surface area contributed by atoms with E-state index in [-0.39, 0.29) is 11.8 Å². The molecule has 4 rings (SSSR count). The molecule has 1 atom stereocenters. The number of hydrogen-bond acceptors (Lipinski definition) is 3. The minimum Gasteiger partial charge on any atom is -0.358 e. The van der Waals surface area contributed by atoms with Crippen LogP contribution in [-0.4, -0.2) is 46.3 Å². The van der Waals surface area contributed by atoms with E-state index in [0.29, 0.717) is 30.1 Å². The summed E-state index contributed by atoms with van der Waals surface area (Å²) in [4.78, 5) is 31.5. The van der Waals surface area contributed by atoms with E-state index in [9.17, 15) is 9.59 Å². The second-order valence-electron chi connectivity index (χ2n) is 7.42. The summed E-state index contributed by atoms with van der Waals surface area (Å²) < 4.78 is 0. The minimum atomic E-state index is -0.576. The van der Waals surface area contributed by atoms with Gasteiger partial charge < -0.3 is 15.2 Å². The molecule has 0 fully saturated rings. The van der Waals surface area contributed by atoms with Crippen LogP contribution in [0.15, 0.2) is 48.5 Å². The van der Waals surface area contributed by atoms with Gasteiger partial charge in [0, 0.05) is 41.7 Å². The van der Waals surface area contributed by atoms with Crippen molar-refractivity contribution in [3.63, 3.8) is 0 Å². The largest absolute Gasteiger partial charge is 0.358 e. The molecule has 2 amide bonds. The van der Waals surface area contributed by atoms with Gasteiger partial charge in [-0.25, -0.2) is 0 Å². The van der Waals surface area contributed by atoms with Crippen LogP contribution in [0.4, 0.5) is 0 Å². The van der Waals surface area contributed by atoms with Gasteiger partial charge in [-0.2, -0.15) is 11.8 Å². The number of hydrogen-bond donors (Lipinski definition) is 2. The Balaban J connectivity index is 1.53. The summed E-state index contributed by atoms with van der Waals surface area (Å²) in [6.45, 7) is 1.19. The lowest BCUT2D eigenvalue weighted by atomic mass is 10.0. The second kappa shape index (κ2) is 9.14. The first-order valence-electron chi connectivity index (χ1n) is 10.00. The van der Waals surface area contributed by atoms with E-state index in [1.807, 2.05) is 23.3 Å². The third kappa shape index (κ3) is 4.20. The number of H-pyrrole nitrogens is 1. The summed E-state index contributed by atoms with van der Waals surface area (Å²) in [7, 11) is 0. The van der Waals surface area contributed by atoms with Crippen molar-refractivity contribution >= 4 is 46.1 Å². The number of fused-ring (bicyclic) bond motifs is 3. The van der Waals surface area contributed by atoms with Crippen LogP contribution in [0.5, 0.6) is 0 Å². The predicted octanol–water partition coefficient (Wildman–Crippen LogP) is 4.26. The van der Waals surface area contributed by atoms with Gasteiger partial charge in [-0.05, 0) is 36.6 Å².